The van der Waals surface area contributed by atoms with Crippen molar-refractivity contribution >= 4 is 5.97 Å². The van der Waals surface area contributed by atoms with Gasteiger partial charge in [-0.1, -0.05) is 12.1 Å². The summed E-state index contributed by atoms with van der Waals surface area (Å²) >= 11 is 0. The number of likely N-dealkylation sites (N-methyl/N-ethyl adjacent to an activating group) is 1. The Kier molecular flexibility index (Phi) is 5.52. The second-order valence-corrected chi connectivity index (χ2v) is 4.40. The van der Waals surface area contributed by atoms with E-state index in [9.17, 15) is 18.0 Å². The number of methoxy groups -OCH3 is 1. The van der Waals surface area contributed by atoms with E-state index in [1.807, 2.05) is 0 Å². The van der Waals surface area contributed by atoms with Crippen LogP contribution in [0.3, 0.4) is 0 Å². The minimum absolute atomic E-state index is 0.102. The molecule has 0 amide bonds. The molecule has 4 nitrogen and oxygen atoms in total. The summed E-state index contributed by atoms with van der Waals surface area (Å²) in [5, 5.41) is 8.77. The summed E-state index contributed by atoms with van der Waals surface area (Å²) in [6.45, 7) is -0.185. The predicted octanol–water partition coefficient (Wildman–Crippen LogP) is 2.41. The zero-order valence-corrected chi connectivity index (χ0v) is 11.1. The van der Waals surface area contributed by atoms with E-state index in [0.29, 0.717) is 5.56 Å². The van der Waals surface area contributed by atoms with Crippen molar-refractivity contribution in [1.29, 1.82) is 0 Å². The molecule has 0 aliphatic rings. The molecule has 20 heavy (non-hydrogen) atoms. The van der Waals surface area contributed by atoms with E-state index in [-0.39, 0.29) is 13.2 Å². The van der Waals surface area contributed by atoms with Crippen LogP contribution in [0.25, 0.3) is 0 Å². The standard InChI is InChI=1S/C13H16F3NO3/c1-17(7-12(18)19)11(8-20-2)9-4-3-5-10(6-9)13(14,15)16/h3-6,11H,7-8H2,1-2H3,(H,18,19)/t11-/m1/s1. The zero-order chi connectivity index (χ0) is 15.3. The fraction of sp³-hybridized carbons (Fsp3) is 0.462. The van der Waals surface area contributed by atoms with Crippen molar-refractivity contribution in [3.63, 3.8) is 0 Å². The number of hydrogen-bond donors (Lipinski definition) is 1. The number of ether oxygens (including phenoxy) is 1. The van der Waals surface area contributed by atoms with Gasteiger partial charge in [0.05, 0.1) is 24.8 Å². The number of carboxylic acids is 1. The molecular weight excluding hydrogens is 275 g/mol. The van der Waals surface area contributed by atoms with Crippen LogP contribution in [0.2, 0.25) is 0 Å². The van der Waals surface area contributed by atoms with Crippen LogP contribution in [0.5, 0.6) is 0 Å². The summed E-state index contributed by atoms with van der Waals surface area (Å²) in [6, 6.07) is 4.26. The average molecular weight is 291 g/mol. The Balaban J connectivity index is 3.05. The molecule has 1 N–H and O–H groups in total. The maximum atomic E-state index is 12.7. The lowest BCUT2D eigenvalue weighted by Crippen LogP contribution is -2.32. The Bertz CT molecular complexity index is 462. The molecule has 1 aromatic carbocycles. The van der Waals surface area contributed by atoms with Crippen LogP contribution >= 0.6 is 0 Å². The summed E-state index contributed by atoms with van der Waals surface area (Å²) in [7, 11) is 2.94. The molecule has 0 aromatic heterocycles. The second kappa shape index (κ2) is 6.71. The molecule has 1 aromatic rings. The number of carbonyl (C=O) groups is 1. The molecule has 0 unspecified atom stereocenters. The highest BCUT2D eigenvalue weighted by Gasteiger charge is 2.31. The molecule has 0 fully saturated rings. The lowest BCUT2D eigenvalue weighted by Gasteiger charge is -2.27. The van der Waals surface area contributed by atoms with E-state index >= 15 is 0 Å². The predicted molar refractivity (Wildman–Crippen MR) is 66.3 cm³/mol. The number of alkyl halides is 3. The summed E-state index contributed by atoms with van der Waals surface area (Å²) in [5.74, 6) is -1.06. The molecule has 0 heterocycles. The van der Waals surface area contributed by atoms with Crippen LogP contribution in [0.1, 0.15) is 17.2 Å². The molecule has 0 saturated carbocycles. The molecule has 112 valence electrons. The number of hydrogen-bond acceptors (Lipinski definition) is 3. The highest BCUT2D eigenvalue weighted by Crippen LogP contribution is 2.31. The first kappa shape index (κ1) is 16.5. The third kappa shape index (κ3) is 4.50. The van der Waals surface area contributed by atoms with Crippen molar-refractivity contribution in [2.24, 2.45) is 0 Å². The number of nitrogens with zero attached hydrogens (tertiary/aromatic N) is 1. The van der Waals surface area contributed by atoms with Gasteiger partial charge in [0.15, 0.2) is 0 Å². The van der Waals surface area contributed by atoms with E-state index in [2.05, 4.69) is 0 Å². The smallest absolute Gasteiger partial charge is 0.416 e. The molecule has 0 aliphatic heterocycles. The van der Waals surface area contributed by atoms with E-state index < -0.39 is 23.8 Å². The molecule has 1 rings (SSSR count). The van der Waals surface area contributed by atoms with Gasteiger partial charge in [-0.25, -0.2) is 0 Å². The number of benzene rings is 1. The van der Waals surface area contributed by atoms with Gasteiger partial charge in [0, 0.05) is 7.11 Å². The van der Waals surface area contributed by atoms with Gasteiger partial charge in [-0.2, -0.15) is 13.2 Å². The van der Waals surface area contributed by atoms with E-state index in [0.717, 1.165) is 12.1 Å². The van der Waals surface area contributed by atoms with E-state index in [4.69, 9.17) is 9.84 Å². The molecule has 0 radical (unpaired) electrons. The van der Waals surface area contributed by atoms with Gasteiger partial charge >= 0.3 is 12.1 Å². The number of aliphatic carboxylic acids is 1. The minimum Gasteiger partial charge on any atom is -0.480 e. The van der Waals surface area contributed by atoms with E-state index in [1.54, 1.807) is 0 Å². The third-order valence-electron chi connectivity index (χ3n) is 2.84. The fourth-order valence-corrected chi connectivity index (χ4v) is 1.88. The van der Waals surface area contributed by atoms with Crippen molar-refractivity contribution in [1.82, 2.24) is 4.90 Å². The third-order valence-corrected chi connectivity index (χ3v) is 2.84. The fourth-order valence-electron chi connectivity index (χ4n) is 1.88. The molecule has 0 saturated heterocycles. The number of halogens is 3. The summed E-state index contributed by atoms with van der Waals surface area (Å²) in [4.78, 5) is 12.1. The van der Waals surface area contributed by atoms with Crippen LogP contribution in [-0.2, 0) is 15.7 Å². The van der Waals surface area contributed by atoms with Gasteiger partial charge < -0.3 is 9.84 Å². The maximum Gasteiger partial charge on any atom is 0.416 e. The van der Waals surface area contributed by atoms with Gasteiger partial charge in [-0.15, -0.1) is 0 Å². The van der Waals surface area contributed by atoms with Gasteiger partial charge in [-0.3, -0.25) is 9.69 Å². The number of carboxylic acid groups (broad SMARTS) is 1. The Morgan fingerprint density at radius 3 is 2.60 bits per heavy atom. The Morgan fingerprint density at radius 1 is 1.45 bits per heavy atom. The van der Waals surface area contributed by atoms with Crippen LogP contribution in [-0.4, -0.2) is 43.3 Å². The maximum absolute atomic E-state index is 12.7. The first-order chi connectivity index (χ1) is 9.25. The SMILES string of the molecule is COC[C@H](c1cccc(C(F)(F)F)c1)N(C)CC(=O)O. The number of rotatable bonds is 6. The van der Waals surface area contributed by atoms with Gasteiger partial charge in [0.2, 0.25) is 0 Å². The first-order valence-electron chi connectivity index (χ1n) is 5.84. The monoisotopic (exact) mass is 291 g/mol. The normalized spacial score (nSPS) is 13.5. The van der Waals surface area contributed by atoms with Crippen molar-refractivity contribution < 1.29 is 27.8 Å². The summed E-state index contributed by atoms with van der Waals surface area (Å²) < 4.78 is 43.0. The molecule has 0 bridgehead atoms. The van der Waals surface area contributed by atoms with Crippen LogP contribution < -0.4 is 0 Å². The van der Waals surface area contributed by atoms with Crippen molar-refractivity contribution in [3.05, 3.63) is 35.4 Å². The molecule has 7 heteroatoms. The molecule has 1 atom stereocenters. The van der Waals surface area contributed by atoms with Gasteiger partial charge in [0.25, 0.3) is 0 Å². The lowest BCUT2D eigenvalue weighted by molar-refractivity contribution is -0.139. The Labute approximate surface area is 114 Å². The lowest BCUT2D eigenvalue weighted by atomic mass is 10.0. The van der Waals surface area contributed by atoms with Crippen molar-refractivity contribution in [3.8, 4) is 0 Å². The topological polar surface area (TPSA) is 49.8 Å². The van der Waals surface area contributed by atoms with Crippen molar-refractivity contribution in [2.75, 3.05) is 27.3 Å². The van der Waals surface area contributed by atoms with E-state index in [1.165, 1.54) is 31.2 Å². The first-order valence-corrected chi connectivity index (χ1v) is 5.84. The van der Waals surface area contributed by atoms with Crippen LogP contribution in [0.15, 0.2) is 24.3 Å². The quantitative estimate of drug-likeness (QED) is 0.874. The van der Waals surface area contributed by atoms with Crippen molar-refractivity contribution in [2.45, 2.75) is 12.2 Å². The molecule has 0 aliphatic carbocycles. The minimum atomic E-state index is -4.43. The molecular formula is C13H16F3NO3. The summed E-state index contributed by atoms with van der Waals surface area (Å²) in [6.07, 6.45) is -4.43. The highest BCUT2D eigenvalue weighted by atomic mass is 19.4. The average Bonchev–Trinajstić information content (AvgIpc) is 2.34. The van der Waals surface area contributed by atoms with Gasteiger partial charge in [-0.05, 0) is 24.7 Å². The molecule has 0 spiro atoms. The largest absolute Gasteiger partial charge is 0.480 e. The summed E-state index contributed by atoms with van der Waals surface area (Å²) in [5.41, 5.74) is -0.398. The Hall–Kier alpha value is -1.60. The highest BCUT2D eigenvalue weighted by molar-refractivity contribution is 5.69. The van der Waals surface area contributed by atoms with Crippen LogP contribution in [0, 0.1) is 0 Å². The van der Waals surface area contributed by atoms with Crippen LogP contribution in [0.4, 0.5) is 13.2 Å². The zero-order valence-electron chi connectivity index (χ0n) is 11.1. The van der Waals surface area contributed by atoms with Gasteiger partial charge in [0.1, 0.15) is 0 Å². The second-order valence-electron chi connectivity index (χ2n) is 4.40. The Morgan fingerprint density at radius 2 is 2.10 bits per heavy atom.